The van der Waals surface area contributed by atoms with Crippen LogP contribution in [0.15, 0.2) is 66.3 Å². The number of imidazole rings is 1. The minimum atomic E-state index is -0.741. The van der Waals surface area contributed by atoms with E-state index in [1.807, 2.05) is 40.4 Å². The summed E-state index contributed by atoms with van der Waals surface area (Å²) in [7, 11) is 1.59. The van der Waals surface area contributed by atoms with E-state index in [-0.39, 0.29) is 17.0 Å². The van der Waals surface area contributed by atoms with Crippen LogP contribution in [0.5, 0.6) is 0 Å². The lowest BCUT2D eigenvalue weighted by molar-refractivity contribution is 0.101. The van der Waals surface area contributed by atoms with Crippen LogP contribution in [-0.2, 0) is 7.05 Å². The Morgan fingerprint density at radius 1 is 1.06 bits per heavy atom. The molecule has 154 valence electrons. The van der Waals surface area contributed by atoms with Gasteiger partial charge in [0, 0.05) is 42.0 Å². The first-order valence-electron chi connectivity index (χ1n) is 9.32. The molecule has 0 fully saturated rings. The highest BCUT2D eigenvalue weighted by Gasteiger charge is 2.19. The number of benzene rings is 2. The van der Waals surface area contributed by atoms with Crippen LogP contribution < -0.4 is 5.32 Å². The van der Waals surface area contributed by atoms with Gasteiger partial charge >= 0.3 is 0 Å². The number of anilines is 1. The normalized spacial score (nSPS) is 11.2. The first kappa shape index (κ1) is 19.1. The molecule has 3 heterocycles. The van der Waals surface area contributed by atoms with E-state index >= 15 is 0 Å². The summed E-state index contributed by atoms with van der Waals surface area (Å²) >= 11 is 1.52. The maximum Gasteiger partial charge on any atom is 0.273 e. The number of aryl methyl sites for hydroxylation is 1. The van der Waals surface area contributed by atoms with Crippen LogP contribution in [0, 0.1) is 11.6 Å². The maximum absolute atomic E-state index is 14.1. The molecule has 3 aromatic heterocycles. The van der Waals surface area contributed by atoms with Gasteiger partial charge in [-0.25, -0.2) is 13.8 Å². The van der Waals surface area contributed by atoms with Gasteiger partial charge in [-0.05, 0) is 24.3 Å². The smallest absolute Gasteiger partial charge is 0.273 e. The number of nitrogens with zero attached hydrogens (tertiary/aromatic N) is 4. The number of hydrogen-bond acceptors (Lipinski definition) is 4. The van der Waals surface area contributed by atoms with Gasteiger partial charge < -0.3 is 5.32 Å². The lowest BCUT2D eigenvalue weighted by Crippen LogP contribution is -2.16. The Bertz CT molecular complexity index is 1410. The van der Waals surface area contributed by atoms with Crippen LogP contribution in [0.25, 0.3) is 27.5 Å². The van der Waals surface area contributed by atoms with Crippen molar-refractivity contribution in [3.8, 4) is 22.5 Å². The third kappa shape index (κ3) is 3.49. The zero-order valence-electron chi connectivity index (χ0n) is 16.2. The number of aromatic nitrogens is 4. The quantitative estimate of drug-likeness (QED) is 0.432. The predicted octanol–water partition coefficient (Wildman–Crippen LogP) is 4.99. The summed E-state index contributed by atoms with van der Waals surface area (Å²) in [5.74, 6) is -1.82. The van der Waals surface area contributed by atoms with Crippen molar-refractivity contribution in [1.29, 1.82) is 0 Å². The Labute approximate surface area is 179 Å². The highest BCUT2D eigenvalue weighted by atomic mass is 32.1. The molecule has 2 aromatic carbocycles. The van der Waals surface area contributed by atoms with Gasteiger partial charge in [0.2, 0.25) is 0 Å². The minimum absolute atomic E-state index is 0.120. The number of para-hydroxylation sites is 1. The number of amides is 1. The van der Waals surface area contributed by atoms with E-state index in [4.69, 9.17) is 0 Å². The molecule has 0 aliphatic carbocycles. The Hall–Kier alpha value is -3.85. The van der Waals surface area contributed by atoms with Gasteiger partial charge in [0.25, 0.3) is 5.91 Å². The van der Waals surface area contributed by atoms with E-state index in [0.717, 1.165) is 28.4 Å². The number of carbonyl (C=O) groups excluding carboxylic acids is 1. The van der Waals surface area contributed by atoms with E-state index in [9.17, 15) is 13.6 Å². The predicted molar refractivity (Wildman–Crippen MR) is 115 cm³/mol. The van der Waals surface area contributed by atoms with Crippen molar-refractivity contribution in [2.24, 2.45) is 7.05 Å². The molecule has 0 saturated carbocycles. The van der Waals surface area contributed by atoms with E-state index in [2.05, 4.69) is 15.4 Å². The molecule has 0 bridgehead atoms. The summed E-state index contributed by atoms with van der Waals surface area (Å²) < 4.78 is 30.6. The van der Waals surface area contributed by atoms with Crippen LogP contribution in [0.4, 0.5) is 14.5 Å². The van der Waals surface area contributed by atoms with Gasteiger partial charge in [-0.1, -0.05) is 18.2 Å². The van der Waals surface area contributed by atoms with Gasteiger partial charge in [0.05, 0.1) is 17.1 Å². The number of halogens is 2. The van der Waals surface area contributed by atoms with Crippen molar-refractivity contribution in [3.05, 3.63) is 83.6 Å². The molecule has 0 spiro atoms. The molecular formula is C22H15F2N5OS. The summed E-state index contributed by atoms with van der Waals surface area (Å²) in [6, 6.07) is 12.1. The van der Waals surface area contributed by atoms with Crippen LogP contribution in [0.3, 0.4) is 0 Å². The number of nitrogens with one attached hydrogen (secondary N) is 1. The second-order valence-corrected chi connectivity index (χ2v) is 7.75. The molecule has 1 N–H and O–H groups in total. The van der Waals surface area contributed by atoms with Crippen molar-refractivity contribution >= 4 is 27.9 Å². The molecule has 0 unspecified atom stereocenters. The highest BCUT2D eigenvalue weighted by molar-refractivity contribution is 7.15. The van der Waals surface area contributed by atoms with E-state index in [1.54, 1.807) is 13.1 Å². The minimum Gasteiger partial charge on any atom is -0.320 e. The molecule has 0 aliphatic rings. The second-order valence-electron chi connectivity index (χ2n) is 6.88. The van der Waals surface area contributed by atoms with Crippen LogP contribution in [0.2, 0.25) is 0 Å². The van der Waals surface area contributed by atoms with E-state index in [0.29, 0.717) is 5.69 Å². The molecular weight excluding hydrogens is 420 g/mol. The summed E-state index contributed by atoms with van der Waals surface area (Å²) in [4.78, 5) is 18.4. The van der Waals surface area contributed by atoms with Crippen molar-refractivity contribution in [2.45, 2.75) is 0 Å². The fourth-order valence-electron chi connectivity index (χ4n) is 3.37. The average molecular weight is 435 g/mol. The molecule has 0 aliphatic heterocycles. The fraction of sp³-hybridized carbons (Fsp3) is 0.0455. The Morgan fingerprint density at radius 3 is 2.71 bits per heavy atom. The number of hydrogen-bond donors (Lipinski definition) is 1. The third-order valence-electron chi connectivity index (χ3n) is 4.86. The zero-order chi connectivity index (χ0) is 21.5. The molecule has 0 radical (unpaired) electrons. The summed E-state index contributed by atoms with van der Waals surface area (Å²) in [5, 5.41) is 9.06. The topological polar surface area (TPSA) is 64.2 Å². The van der Waals surface area contributed by atoms with Crippen molar-refractivity contribution in [3.63, 3.8) is 0 Å². The third-order valence-corrected chi connectivity index (χ3v) is 5.63. The lowest BCUT2D eigenvalue weighted by atomic mass is 10.1. The summed E-state index contributed by atoms with van der Waals surface area (Å²) in [5.41, 5.74) is 2.70. The SMILES string of the molecule is Cn1nc(-c2ccc(F)cc2F)cc1C(=O)Nc1ccccc1-c1cn2ccsc2n1. The Morgan fingerprint density at radius 2 is 1.90 bits per heavy atom. The molecule has 9 heteroatoms. The van der Waals surface area contributed by atoms with Gasteiger partial charge in [0.1, 0.15) is 17.3 Å². The van der Waals surface area contributed by atoms with Gasteiger partial charge in [-0.15, -0.1) is 11.3 Å². The fourth-order valence-corrected chi connectivity index (χ4v) is 4.07. The average Bonchev–Trinajstić information content (AvgIpc) is 3.43. The first-order valence-corrected chi connectivity index (χ1v) is 10.2. The molecule has 5 rings (SSSR count). The second kappa shape index (κ2) is 7.44. The van der Waals surface area contributed by atoms with Crippen molar-refractivity contribution in [1.82, 2.24) is 19.2 Å². The van der Waals surface area contributed by atoms with Crippen LogP contribution in [-0.4, -0.2) is 25.1 Å². The number of carbonyl (C=O) groups is 1. The van der Waals surface area contributed by atoms with Crippen molar-refractivity contribution < 1.29 is 13.6 Å². The molecule has 0 atom stereocenters. The zero-order valence-corrected chi connectivity index (χ0v) is 17.0. The molecule has 5 aromatic rings. The molecule has 0 saturated heterocycles. The number of fused-ring (bicyclic) bond motifs is 1. The van der Waals surface area contributed by atoms with Gasteiger partial charge in [-0.2, -0.15) is 5.10 Å². The largest absolute Gasteiger partial charge is 0.320 e. The Kier molecular flexibility index (Phi) is 4.59. The standard InChI is InChI=1S/C22H15F2N5OS/c1-28-20(11-18(27-28)14-7-6-13(23)10-16(14)24)21(30)25-17-5-3-2-4-15(17)19-12-29-8-9-31-22(29)26-19/h2-12H,1H3,(H,25,30). The molecule has 1 amide bonds. The van der Waals surface area contributed by atoms with Gasteiger partial charge in [0.15, 0.2) is 4.96 Å². The van der Waals surface area contributed by atoms with E-state index in [1.165, 1.54) is 28.2 Å². The number of thiazole rings is 1. The molecule has 31 heavy (non-hydrogen) atoms. The highest BCUT2D eigenvalue weighted by Crippen LogP contribution is 2.29. The first-order chi connectivity index (χ1) is 15.0. The van der Waals surface area contributed by atoms with E-state index < -0.39 is 17.5 Å². The number of rotatable bonds is 4. The summed E-state index contributed by atoms with van der Waals surface area (Å²) in [6.07, 6.45) is 3.82. The van der Waals surface area contributed by atoms with Gasteiger partial charge in [-0.3, -0.25) is 13.9 Å². The lowest BCUT2D eigenvalue weighted by Gasteiger charge is -2.09. The summed E-state index contributed by atoms with van der Waals surface area (Å²) in [6.45, 7) is 0. The van der Waals surface area contributed by atoms with Crippen molar-refractivity contribution in [2.75, 3.05) is 5.32 Å². The maximum atomic E-state index is 14.1. The molecule has 6 nitrogen and oxygen atoms in total. The monoisotopic (exact) mass is 435 g/mol. The van der Waals surface area contributed by atoms with Crippen LogP contribution in [0.1, 0.15) is 10.5 Å². The Balaban J connectivity index is 1.46. The van der Waals surface area contributed by atoms with Crippen LogP contribution >= 0.6 is 11.3 Å².